The van der Waals surface area contributed by atoms with Crippen molar-refractivity contribution in [3.8, 4) is 0 Å². The first-order valence-corrected chi connectivity index (χ1v) is 5.12. The second-order valence-electron chi connectivity index (χ2n) is 3.57. The van der Waals surface area contributed by atoms with Gasteiger partial charge in [0.25, 0.3) is 0 Å². The maximum Gasteiger partial charge on any atom is 0.239 e. The average Bonchev–Trinajstić information content (AvgIpc) is 1.48. The lowest BCUT2D eigenvalue weighted by Gasteiger charge is -2.22. The van der Waals surface area contributed by atoms with Crippen LogP contribution in [0.5, 0.6) is 0 Å². The molecule has 0 amide bonds. The number of alkyl halides is 2. The van der Waals surface area contributed by atoms with E-state index < -0.39 is 34.0 Å². The molecule has 0 aromatic rings. The molecule has 0 bridgehead atoms. The Hall–Kier alpha value is -0.230. The summed E-state index contributed by atoms with van der Waals surface area (Å²) in [6.45, 7) is 2.90. The quantitative estimate of drug-likeness (QED) is 0.736. The molecule has 0 heterocycles. The molecular weight excluding hydrogens is 188 g/mol. The summed E-state index contributed by atoms with van der Waals surface area (Å²) in [6, 6.07) is 0. The van der Waals surface area contributed by atoms with Gasteiger partial charge in [-0.15, -0.1) is 0 Å². The van der Waals surface area contributed by atoms with Crippen molar-refractivity contribution in [3.05, 3.63) is 0 Å². The molecule has 0 unspecified atom stereocenters. The third kappa shape index (κ3) is 6.48. The van der Waals surface area contributed by atoms with Crippen molar-refractivity contribution >= 4 is 10.0 Å². The standard InChI is InChI=1S/C6H13F2NO2S/c1-6(2,3-5(7)8)4-12(9,10)11/h5H,3-4H2,1-2H3,(H2,9,10,11). The van der Waals surface area contributed by atoms with Crippen LogP contribution in [0.3, 0.4) is 0 Å². The minimum atomic E-state index is -3.66. The van der Waals surface area contributed by atoms with Gasteiger partial charge in [-0.1, -0.05) is 13.8 Å². The Balaban J connectivity index is 4.23. The lowest BCUT2D eigenvalue weighted by Crippen LogP contribution is -2.30. The van der Waals surface area contributed by atoms with Crippen LogP contribution in [0.15, 0.2) is 0 Å². The molecule has 0 radical (unpaired) electrons. The first kappa shape index (κ1) is 11.8. The second kappa shape index (κ2) is 3.66. The van der Waals surface area contributed by atoms with Crippen LogP contribution >= 0.6 is 0 Å². The number of halogens is 2. The smallest absolute Gasteiger partial charge is 0.229 e. The summed E-state index contributed by atoms with van der Waals surface area (Å²) in [5, 5.41) is 4.72. The Bertz CT molecular complexity index is 236. The Labute approximate surface area is 71.0 Å². The molecule has 3 nitrogen and oxygen atoms in total. The predicted molar refractivity (Wildman–Crippen MR) is 42.4 cm³/mol. The van der Waals surface area contributed by atoms with Gasteiger partial charge >= 0.3 is 0 Å². The molecule has 0 fully saturated rings. The van der Waals surface area contributed by atoms with Gasteiger partial charge in [-0.25, -0.2) is 22.3 Å². The summed E-state index contributed by atoms with van der Waals surface area (Å²) in [5.74, 6) is -0.412. The van der Waals surface area contributed by atoms with Crippen LogP contribution in [-0.4, -0.2) is 20.6 Å². The van der Waals surface area contributed by atoms with Gasteiger partial charge in [0.1, 0.15) is 0 Å². The van der Waals surface area contributed by atoms with Crippen molar-refractivity contribution in [2.45, 2.75) is 26.7 Å². The third-order valence-electron chi connectivity index (χ3n) is 1.30. The van der Waals surface area contributed by atoms with Crippen LogP contribution in [0.4, 0.5) is 8.78 Å². The molecule has 0 aromatic carbocycles. The highest BCUT2D eigenvalue weighted by atomic mass is 32.2. The van der Waals surface area contributed by atoms with Gasteiger partial charge in [-0.2, -0.15) is 0 Å². The second-order valence-corrected chi connectivity index (χ2v) is 5.18. The Morgan fingerprint density at radius 3 is 2.08 bits per heavy atom. The summed E-state index contributed by atoms with van der Waals surface area (Å²) in [6.07, 6.45) is -2.95. The summed E-state index contributed by atoms with van der Waals surface area (Å²) in [5.41, 5.74) is -0.957. The number of primary sulfonamides is 1. The highest BCUT2D eigenvalue weighted by Gasteiger charge is 2.27. The first-order valence-electron chi connectivity index (χ1n) is 3.41. The SMILES string of the molecule is CC(C)(CC(F)F)CS(N)(=O)=O. The van der Waals surface area contributed by atoms with Crippen molar-refractivity contribution in [2.75, 3.05) is 5.75 Å². The van der Waals surface area contributed by atoms with Crippen molar-refractivity contribution in [2.24, 2.45) is 10.6 Å². The molecule has 0 saturated carbocycles. The third-order valence-corrected chi connectivity index (χ3v) is 2.48. The van der Waals surface area contributed by atoms with Gasteiger partial charge in [0, 0.05) is 6.42 Å². The summed E-state index contributed by atoms with van der Waals surface area (Å²) < 4.78 is 44.9. The molecule has 12 heavy (non-hydrogen) atoms. The first-order chi connectivity index (χ1) is 5.12. The zero-order valence-corrected chi connectivity index (χ0v) is 7.87. The monoisotopic (exact) mass is 201 g/mol. The fourth-order valence-corrected chi connectivity index (χ4v) is 2.23. The lowest BCUT2D eigenvalue weighted by molar-refractivity contribution is 0.0955. The van der Waals surface area contributed by atoms with Crippen LogP contribution in [0, 0.1) is 5.41 Å². The molecule has 0 spiro atoms. The summed E-state index contributed by atoms with van der Waals surface area (Å²) >= 11 is 0. The highest BCUT2D eigenvalue weighted by Crippen LogP contribution is 2.25. The Morgan fingerprint density at radius 2 is 1.83 bits per heavy atom. The Morgan fingerprint density at radius 1 is 1.42 bits per heavy atom. The average molecular weight is 201 g/mol. The van der Waals surface area contributed by atoms with Gasteiger partial charge in [0.05, 0.1) is 5.75 Å². The molecule has 0 aliphatic rings. The van der Waals surface area contributed by atoms with Crippen LogP contribution in [0.1, 0.15) is 20.3 Å². The minimum absolute atomic E-state index is 0.412. The van der Waals surface area contributed by atoms with E-state index in [-0.39, 0.29) is 0 Å². The van der Waals surface area contributed by atoms with Gasteiger partial charge in [0.2, 0.25) is 16.4 Å². The number of hydrogen-bond donors (Lipinski definition) is 1. The number of nitrogens with two attached hydrogens (primary N) is 1. The highest BCUT2D eigenvalue weighted by molar-refractivity contribution is 7.89. The molecule has 0 aliphatic heterocycles. The van der Waals surface area contributed by atoms with Gasteiger partial charge in [0.15, 0.2) is 0 Å². The minimum Gasteiger partial charge on any atom is -0.229 e. The van der Waals surface area contributed by atoms with Gasteiger partial charge in [-0.05, 0) is 5.41 Å². The van der Waals surface area contributed by atoms with E-state index >= 15 is 0 Å². The topological polar surface area (TPSA) is 60.2 Å². The lowest BCUT2D eigenvalue weighted by atomic mass is 9.92. The molecule has 0 saturated heterocycles. The van der Waals surface area contributed by atoms with Crippen molar-refractivity contribution < 1.29 is 17.2 Å². The number of sulfonamides is 1. The van der Waals surface area contributed by atoms with Gasteiger partial charge < -0.3 is 0 Å². The van der Waals surface area contributed by atoms with E-state index in [1.807, 2.05) is 0 Å². The molecule has 74 valence electrons. The van der Waals surface area contributed by atoms with E-state index in [9.17, 15) is 17.2 Å². The summed E-state index contributed by atoms with van der Waals surface area (Å²) in [7, 11) is -3.66. The molecule has 0 aromatic heterocycles. The molecule has 0 aliphatic carbocycles. The van der Waals surface area contributed by atoms with E-state index in [2.05, 4.69) is 0 Å². The fourth-order valence-electron chi connectivity index (χ4n) is 1.02. The van der Waals surface area contributed by atoms with Crippen molar-refractivity contribution in [1.82, 2.24) is 0 Å². The molecule has 0 atom stereocenters. The maximum atomic E-state index is 11.9. The van der Waals surface area contributed by atoms with Crippen LogP contribution in [0.2, 0.25) is 0 Å². The summed E-state index contributed by atoms with van der Waals surface area (Å²) in [4.78, 5) is 0. The van der Waals surface area contributed by atoms with Crippen LogP contribution < -0.4 is 5.14 Å². The number of rotatable bonds is 4. The zero-order valence-electron chi connectivity index (χ0n) is 7.05. The largest absolute Gasteiger partial charge is 0.239 e. The van der Waals surface area contributed by atoms with E-state index in [4.69, 9.17) is 5.14 Å². The van der Waals surface area contributed by atoms with E-state index in [0.29, 0.717) is 0 Å². The fraction of sp³-hybridized carbons (Fsp3) is 1.00. The molecule has 0 rings (SSSR count). The molecule has 6 heteroatoms. The van der Waals surface area contributed by atoms with Crippen LogP contribution in [0.25, 0.3) is 0 Å². The maximum absolute atomic E-state index is 11.9. The van der Waals surface area contributed by atoms with Crippen molar-refractivity contribution in [3.63, 3.8) is 0 Å². The van der Waals surface area contributed by atoms with E-state index in [1.165, 1.54) is 13.8 Å². The van der Waals surface area contributed by atoms with Crippen molar-refractivity contribution in [1.29, 1.82) is 0 Å². The Kier molecular flexibility index (Phi) is 3.59. The van der Waals surface area contributed by atoms with Gasteiger partial charge in [-0.3, -0.25) is 0 Å². The number of hydrogen-bond acceptors (Lipinski definition) is 2. The zero-order chi connectivity index (χ0) is 9.99. The van der Waals surface area contributed by atoms with E-state index in [1.54, 1.807) is 0 Å². The predicted octanol–water partition coefficient (Wildman–Crippen LogP) is 0.956. The molecule has 2 N–H and O–H groups in total. The van der Waals surface area contributed by atoms with Crippen LogP contribution in [-0.2, 0) is 10.0 Å². The normalized spacial score (nSPS) is 13.8. The molecular formula is C6H13F2NO2S. The van der Waals surface area contributed by atoms with E-state index in [0.717, 1.165) is 0 Å².